The van der Waals surface area contributed by atoms with Crippen LogP contribution in [0.25, 0.3) is 0 Å². The van der Waals surface area contributed by atoms with Crippen LogP contribution in [0.3, 0.4) is 0 Å². The van der Waals surface area contributed by atoms with Crippen molar-refractivity contribution in [3.05, 3.63) is 50.3 Å². The van der Waals surface area contributed by atoms with Crippen molar-refractivity contribution < 1.29 is 9.53 Å². The molecule has 1 aliphatic heterocycles. The maximum Gasteiger partial charge on any atom is 0.255 e. The number of ether oxygens (including phenoxy) is 1. The van der Waals surface area contributed by atoms with Gasteiger partial charge in [0, 0.05) is 40.9 Å². The molecule has 7 nitrogen and oxygen atoms in total. The van der Waals surface area contributed by atoms with Crippen LogP contribution < -0.4 is 15.8 Å². The van der Waals surface area contributed by atoms with Gasteiger partial charge in [-0.05, 0) is 37.6 Å². The van der Waals surface area contributed by atoms with Gasteiger partial charge in [-0.25, -0.2) is 4.98 Å². The standard InChI is InChI=1S/C18H21BrN4O3/c1-12-15(6-7-16(24)21-14-4-2-13(19)3-5-14)17(25)22-18(20-12)23-8-10-26-11-9-23/h2-5H,6-11H2,1H3,(H,21,24)(H,20,22,25). The number of nitrogens with one attached hydrogen (secondary N) is 2. The first-order valence-electron chi connectivity index (χ1n) is 8.51. The molecule has 0 spiro atoms. The lowest BCUT2D eigenvalue weighted by molar-refractivity contribution is -0.116. The number of hydrogen-bond donors (Lipinski definition) is 2. The average Bonchev–Trinajstić information content (AvgIpc) is 2.63. The van der Waals surface area contributed by atoms with E-state index in [9.17, 15) is 9.59 Å². The first-order valence-corrected chi connectivity index (χ1v) is 9.30. The largest absolute Gasteiger partial charge is 0.378 e. The van der Waals surface area contributed by atoms with E-state index in [0.29, 0.717) is 49.9 Å². The van der Waals surface area contributed by atoms with E-state index in [1.165, 1.54) is 0 Å². The van der Waals surface area contributed by atoms with Gasteiger partial charge in [-0.2, -0.15) is 0 Å². The highest BCUT2D eigenvalue weighted by molar-refractivity contribution is 9.10. The zero-order valence-electron chi connectivity index (χ0n) is 14.5. The molecule has 8 heteroatoms. The summed E-state index contributed by atoms with van der Waals surface area (Å²) in [7, 11) is 0. The van der Waals surface area contributed by atoms with Crippen LogP contribution in [-0.2, 0) is 16.0 Å². The van der Waals surface area contributed by atoms with Crippen molar-refractivity contribution in [3.63, 3.8) is 0 Å². The molecule has 1 aliphatic rings. The van der Waals surface area contributed by atoms with Crippen LogP contribution in [0.2, 0.25) is 0 Å². The van der Waals surface area contributed by atoms with E-state index in [0.717, 1.165) is 10.2 Å². The molecule has 1 aromatic heterocycles. The first kappa shape index (κ1) is 18.6. The Morgan fingerprint density at radius 1 is 1.31 bits per heavy atom. The second-order valence-electron chi connectivity index (χ2n) is 6.11. The Bertz CT molecular complexity index is 829. The van der Waals surface area contributed by atoms with Crippen LogP contribution in [0.15, 0.2) is 33.5 Å². The lowest BCUT2D eigenvalue weighted by Crippen LogP contribution is -2.38. The molecular formula is C18H21BrN4O3. The minimum absolute atomic E-state index is 0.136. The van der Waals surface area contributed by atoms with Gasteiger partial charge in [-0.1, -0.05) is 15.9 Å². The van der Waals surface area contributed by atoms with Crippen molar-refractivity contribution >= 4 is 33.5 Å². The van der Waals surface area contributed by atoms with Crippen molar-refractivity contribution in [2.45, 2.75) is 19.8 Å². The molecule has 2 heterocycles. The molecule has 1 aromatic carbocycles. The number of aromatic amines is 1. The molecule has 0 bridgehead atoms. The third-order valence-corrected chi connectivity index (χ3v) is 4.78. The normalized spacial score (nSPS) is 14.3. The van der Waals surface area contributed by atoms with E-state index >= 15 is 0 Å². The summed E-state index contributed by atoms with van der Waals surface area (Å²) in [5.41, 5.74) is 1.75. The van der Waals surface area contributed by atoms with Gasteiger partial charge in [-0.3, -0.25) is 14.6 Å². The molecule has 0 saturated carbocycles. The topological polar surface area (TPSA) is 87.3 Å². The number of carbonyl (C=O) groups is 1. The van der Waals surface area contributed by atoms with Gasteiger partial charge in [0.25, 0.3) is 5.56 Å². The Balaban J connectivity index is 1.63. The quantitative estimate of drug-likeness (QED) is 0.774. The summed E-state index contributed by atoms with van der Waals surface area (Å²) >= 11 is 3.36. The molecule has 0 aliphatic carbocycles. The monoisotopic (exact) mass is 420 g/mol. The minimum Gasteiger partial charge on any atom is -0.378 e. The number of anilines is 2. The highest BCUT2D eigenvalue weighted by Gasteiger charge is 2.16. The molecule has 0 radical (unpaired) electrons. The van der Waals surface area contributed by atoms with Crippen LogP contribution in [0.4, 0.5) is 11.6 Å². The number of benzene rings is 1. The van der Waals surface area contributed by atoms with Crippen molar-refractivity contribution in [2.75, 3.05) is 36.5 Å². The smallest absolute Gasteiger partial charge is 0.255 e. The molecule has 2 aromatic rings. The number of H-pyrrole nitrogens is 1. The summed E-state index contributed by atoms with van der Waals surface area (Å²) in [6.45, 7) is 4.47. The third kappa shape index (κ3) is 4.70. The Kier molecular flexibility index (Phi) is 6.05. The Hall–Kier alpha value is -2.19. The Labute approximate surface area is 159 Å². The summed E-state index contributed by atoms with van der Waals surface area (Å²) in [4.78, 5) is 33.9. The molecule has 0 unspecified atom stereocenters. The summed E-state index contributed by atoms with van der Waals surface area (Å²) in [5.74, 6) is 0.433. The SMILES string of the molecule is Cc1nc(N2CCOCC2)[nH]c(=O)c1CCC(=O)Nc1ccc(Br)cc1. The van der Waals surface area contributed by atoms with E-state index in [4.69, 9.17) is 4.74 Å². The van der Waals surface area contributed by atoms with Gasteiger partial charge in [-0.15, -0.1) is 0 Å². The molecule has 3 rings (SSSR count). The van der Waals surface area contributed by atoms with E-state index < -0.39 is 0 Å². The van der Waals surface area contributed by atoms with Gasteiger partial charge < -0.3 is 15.0 Å². The van der Waals surface area contributed by atoms with Crippen LogP contribution in [0, 0.1) is 6.92 Å². The first-order chi connectivity index (χ1) is 12.5. The maximum absolute atomic E-state index is 12.4. The lowest BCUT2D eigenvalue weighted by atomic mass is 10.1. The van der Waals surface area contributed by atoms with Crippen LogP contribution in [0.5, 0.6) is 0 Å². The van der Waals surface area contributed by atoms with Crippen LogP contribution in [0.1, 0.15) is 17.7 Å². The summed E-state index contributed by atoms with van der Waals surface area (Å²) in [6, 6.07) is 7.36. The molecule has 2 N–H and O–H groups in total. The van der Waals surface area contributed by atoms with Crippen LogP contribution >= 0.6 is 15.9 Å². The van der Waals surface area contributed by atoms with E-state index in [2.05, 4.69) is 31.2 Å². The predicted molar refractivity (Wildman–Crippen MR) is 104 cm³/mol. The summed E-state index contributed by atoms with van der Waals surface area (Å²) < 4.78 is 6.27. The fraction of sp³-hybridized carbons (Fsp3) is 0.389. The second-order valence-corrected chi connectivity index (χ2v) is 7.02. The number of aromatic nitrogens is 2. The number of morpholine rings is 1. The Morgan fingerprint density at radius 3 is 2.65 bits per heavy atom. The number of amides is 1. The number of carbonyl (C=O) groups excluding carboxylic acids is 1. The highest BCUT2D eigenvalue weighted by Crippen LogP contribution is 2.15. The number of nitrogens with zero attached hydrogens (tertiary/aromatic N) is 2. The fourth-order valence-electron chi connectivity index (χ4n) is 2.81. The number of halogens is 1. The van der Waals surface area contributed by atoms with E-state index in [1.807, 2.05) is 29.2 Å². The summed E-state index contributed by atoms with van der Waals surface area (Å²) in [6.07, 6.45) is 0.568. The van der Waals surface area contributed by atoms with Crippen molar-refractivity contribution in [1.82, 2.24) is 9.97 Å². The Morgan fingerprint density at radius 2 is 2.00 bits per heavy atom. The van der Waals surface area contributed by atoms with Crippen LogP contribution in [-0.4, -0.2) is 42.2 Å². The predicted octanol–water partition coefficient (Wildman–Crippen LogP) is 2.25. The van der Waals surface area contributed by atoms with Gasteiger partial charge in [0.15, 0.2) is 0 Å². The van der Waals surface area contributed by atoms with Crippen molar-refractivity contribution in [1.29, 1.82) is 0 Å². The molecule has 138 valence electrons. The average molecular weight is 421 g/mol. The molecule has 1 saturated heterocycles. The zero-order chi connectivity index (χ0) is 18.5. The molecule has 0 atom stereocenters. The zero-order valence-corrected chi connectivity index (χ0v) is 16.1. The maximum atomic E-state index is 12.4. The summed E-state index contributed by atoms with van der Waals surface area (Å²) in [5, 5.41) is 2.83. The molecular weight excluding hydrogens is 400 g/mol. The van der Waals surface area contributed by atoms with Gasteiger partial charge in [0.2, 0.25) is 11.9 Å². The molecule has 1 amide bonds. The number of aryl methyl sites for hydroxylation is 1. The van der Waals surface area contributed by atoms with Gasteiger partial charge in [0.05, 0.1) is 13.2 Å². The van der Waals surface area contributed by atoms with Crippen molar-refractivity contribution in [3.8, 4) is 0 Å². The number of rotatable bonds is 5. The second kappa shape index (κ2) is 8.46. The minimum atomic E-state index is -0.185. The highest BCUT2D eigenvalue weighted by atomic mass is 79.9. The van der Waals surface area contributed by atoms with Gasteiger partial charge >= 0.3 is 0 Å². The molecule has 26 heavy (non-hydrogen) atoms. The van der Waals surface area contributed by atoms with E-state index in [1.54, 1.807) is 6.92 Å². The van der Waals surface area contributed by atoms with Crippen molar-refractivity contribution in [2.24, 2.45) is 0 Å². The van der Waals surface area contributed by atoms with E-state index in [-0.39, 0.29) is 17.9 Å². The number of hydrogen-bond acceptors (Lipinski definition) is 5. The van der Waals surface area contributed by atoms with Gasteiger partial charge in [0.1, 0.15) is 0 Å². The third-order valence-electron chi connectivity index (χ3n) is 4.25. The fourth-order valence-corrected chi connectivity index (χ4v) is 3.07. The lowest BCUT2D eigenvalue weighted by Gasteiger charge is -2.27. The molecule has 1 fully saturated rings.